The Morgan fingerprint density at radius 2 is 1.76 bits per heavy atom. The Bertz CT molecular complexity index is 1320. The topological polar surface area (TPSA) is 59.9 Å². The molecule has 5 nitrogen and oxygen atoms in total. The summed E-state index contributed by atoms with van der Waals surface area (Å²) in [6, 6.07) is 27.2. The van der Waals surface area contributed by atoms with Crippen molar-refractivity contribution in [1.82, 2.24) is 5.43 Å². The molecule has 0 radical (unpaired) electrons. The first-order chi connectivity index (χ1) is 16.5. The number of amides is 1. The number of halogens is 2. The highest BCUT2D eigenvalue weighted by Gasteiger charge is 2.14. The van der Waals surface area contributed by atoms with Crippen molar-refractivity contribution in [2.24, 2.45) is 5.10 Å². The lowest BCUT2D eigenvalue weighted by Crippen LogP contribution is -2.33. The lowest BCUT2D eigenvalue weighted by atomic mass is 10.0. The number of ether oxygens (including phenoxy) is 2. The van der Waals surface area contributed by atoms with Gasteiger partial charge in [0.25, 0.3) is 5.91 Å². The first-order valence-electron chi connectivity index (χ1n) is 10.6. The summed E-state index contributed by atoms with van der Waals surface area (Å²) in [6.45, 7) is 2.08. The van der Waals surface area contributed by atoms with Crippen molar-refractivity contribution < 1.29 is 14.3 Å². The Balaban J connectivity index is 1.49. The molecule has 34 heavy (non-hydrogen) atoms. The summed E-state index contributed by atoms with van der Waals surface area (Å²) >= 11 is 6.87. The molecule has 1 atom stereocenters. The monoisotopic (exact) mass is 580 g/mol. The van der Waals surface area contributed by atoms with Gasteiger partial charge < -0.3 is 9.47 Å². The number of benzene rings is 4. The second-order valence-electron chi connectivity index (χ2n) is 7.57. The molecule has 4 aromatic rings. The van der Waals surface area contributed by atoms with E-state index in [1.54, 1.807) is 25.3 Å². The molecule has 7 heteroatoms. The minimum Gasteiger partial charge on any atom is -0.488 e. The predicted octanol–water partition coefficient (Wildman–Crippen LogP) is 6.86. The minimum atomic E-state index is -0.710. The Kier molecular flexibility index (Phi) is 7.98. The van der Waals surface area contributed by atoms with E-state index in [0.29, 0.717) is 18.1 Å². The number of fused-ring (bicyclic) bond motifs is 1. The SMILES string of the molecule is C[C@@H](Oc1ccc(Br)cc1)C(=O)N/N=C\c1c(OCc2cccc(Br)c2)ccc2ccccc12. The number of hydrogen-bond acceptors (Lipinski definition) is 4. The van der Waals surface area contributed by atoms with E-state index in [9.17, 15) is 4.79 Å². The third-order valence-corrected chi connectivity index (χ3v) is 6.10. The fraction of sp³-hybridized carbons (Fsp3) is 0.111. The van der Waals surface area contributed by atoms with E-state index < -0.39 is 6.10 Å². The third-order valence-electron chi connectivity index (χ3n) is 5.08. The van der Waals surface area contributed by atoms with Crippen molar-refractivity contribution in [3.8, 4) is 11.5 Å². The highest BCUT2D eigenvalue weighted by molar-refractivity contribution is 9.10. The van der Waals surface area contributed by atoms with Crippen molar-refractivity contribution in [3.05, 3.63) is 105 Å². The molecule has 0 aliphatic rings. The number of hydrazone groups is 1. The fourth-order valence-electron chi connectivity index (χ4n) is 3.34. The van der Waals surface area contributed by atoms with Gasteiger partial charge in [-0.15, -0.1) is 0 Å². The van der Waals surface area contributed by atoms with Crippen LogP contribution in [0.5, 0.6) is 11.5 Å². The number of rotatable bonds is 8. The molecule has 0 aliphatic carbocycles. The Morgan fingerprint density at radius 1 is 0.971 bits per heavy atom. The maximum Gasteiger partial charge on any atom is 0.280 e. The van der Waals surface area contributed by atoms with Gasteiger partial charge in [0.05, 0.1) is 6.21 Å². The number of carbonyl (C=O) groups is 1. The van der Waals surface area contributed by atoms with Crippen molar-refractivity contribution in [3.63, 3.8) is 0 Å². The van der Waals surface area contributed by atoms with Crippen LogP contribution in [0.4, 0.5) is 0 Å². The molecule has 0 heterocycles. The normalized spacial score (nSPS) is 12.0. The second-order valence-corrected chi connectivity index (χ2v) is 9.40. The largest absolute Gasteiger partial charge is 0.488 e. The highest BCUT2D eigenvalue weighted by Crippen LogP contribution is 2.27. The van der Waals surface area contributed by atoms with Gasteiger partial charge in [0.15, 0.2) is 6.10 Å². The molecule has 4 aromatic carbocycles. The highest BCUT2D eigenvalue weighted by atomic mass is 79.9. The Morgan fingerprint density at radius 3 is 2.56 bits per heavy atom. The van der Waals surface area contributed by atoms with Gasteiger partial charge in [-0.2, -0.15) is 5.10 Å². The van der Waals surface area contributed by atoms with Crippen molar-refractivity contribution in [2.45, 2.75) is 19.6 Å². The molecular formula is C27H22Br2N2O3. The predicted molar refractivity (Wildman–Crippen MR) is 142 cm³/mol. The Hall–Kier alpha value is -3.16. The summed E-state index contributed by atoms with van der Waals surface area (Å²) in [4.78, 5) is 12.5. The van der Waals surface area contributed by atoms with E-state index in [0.717, 1.165) is 30.8 Å². The smallest absolute Gasteiger partial charge is 0.280 e. The maximum atomic E-state index is 12.5. The summed E-state index contributed by atoms with van der Waals surface area (Å²) in [5, 5.41) is 6.23. The number of carbonyl (C=O) groups excluding carboxylic acids is 1. The molecule has 0 aliphatic heterocycles. The third kappa shape index (κ3) is 6.24. The van der Waals surface area contributed by atoms with Gasteiger partial charge in [0.1, 0.15) is 18.1 Å². The van der Waals surface area contributed by atoms with Crippen LogP contribution >= 0.6 is 31.9 Å². The molecule has 0 saturated heterocycles. The summed E-state index contributed by atoms with van der Waals surface area (Å²) in [5.74, 6) is 0.930. The van der Waals surface area contributed by atoms with Crippen LogP contribution in [-0.2, 0) is 11.4 Å². The molecule has 1 amide bonds. The molecule has 4 rings (SSSR count). The van der Waals surface area contributed by atoms with E-state index in [1.807, 2.05) is 72.8 Å². The van der Waals surface area contributed by atoms with Gasteiger partial charge in [-0.1, -0.05) is 74.3 Å². The summed E-state index contributed by atoms with van der Waals surface area (Å²) in [5.41, 5.74) is 4.40. The second kappa shape index (κ2) is 11.3. The van der Waals surface area contributed by atoms with E-state index in [-0.39, 0.29) is 5.91 Å². The van der Waals surface area contributed by atoms with Gasteiger partial charge in [-0.25, -0.2) is 5.43 Å². The summed E-state index contributed by atoms with van der Waals surface area (Å²) in [7, 11) is 0. The van der Waals surface area contributed by atoms with E-state index in [1.165, 1.54) is 0 Å². The van der Waals surface area contributed by atoms with E-state index in [2.05, 4.69) is 42.4 Å². The first kappa shape index (κ1) is 24.0. The first-order valence-corrected chi connectivity index (χ1v) is 12.2. The molecule has 0 unspecified atom stereocenters. The Labute approximate surface area is 215 Å². The average Bonchev–Trinajstić information content (AvgIpc) is 2.84. The zero-order valence-corrected chi connectivity index (χ0v) is 21.5. The molecule has 0 saturated carbocycles. The van der Waals surface area contributed by atoms with Crippen LogP contribution in [0, 0.1) is 0 Å². The van der Waals surface area contributed by atoms with Gasteiger partial charge in [0.2, 0.25) is 0 Å². The van der Waals surface area contributed by atoms with Gasteiger partial charge in [-0.3, -0.25) is 4.79 Å². The van der Waals surface area contributed by atoms with Crippen LogP contribution in [0.15, 0.2) is 99.0 Å². The molecule has 172 valence electrons. The van der Waals surface area contributed by atoms with Crippen molar-refractivity contribution in [2.75, 3.05) is 0 Å². The molecule has 0 bridgehead atoms. The lowest BCUT2D eigenvalue weighted by molar-refractivity contribution is -0.127. The van der Waals surface area contributed by atoms with Crippen LogP contribution in [0.3, 0.4) is 0 Å². The molecule has 0 aromatic heterocycles. The summed E-state index contributed by atoms with van der Waals surface area (Å²) in [6.07, 6.45) is 0.904. The van der Waals surface area contributed by atoms with Gasteiger partial charge in [-0.05, 0) is 65.7 Å². The lowest BCUT2D eigenvalue weighted by Gasteiger charge is -2.14. The maximum absolute atomic E-state index is 12.5. The fourth-order valence-corrected chi connectivity index (χ4v) is 4.06. The van der Waals surface area contributed by atoms with E-state index >= 15 is 0 Å². The number of nitrogens with zero attached hydrogens (tertiary/aromatic N) is 1. The van der Waals surface area contributed by atoms with Crippen LogP contribution < -0.4 is 14.9 Å². The van der Waals surface area contributed by atoms with Crippen LogP contribution in [0.25, 0.3) is 10.8 Å². The number of hydrogen-bond donors (Lipinski definition) is 1. The quantitative estimate of drug-likeness (QED) is 0.183. The molecule has 0 fully saturated rings. The zero-order valence-electron chi connectivity index (χ0n) is 18.4. The molecular weight excluding hydrogens is 560 g/mol. The molecule has 1 N–H and O–H groups in total. The van der Waals surface area contributed by atoms with E-state index in [4.69, 9.17) is 9.47 Å². The minimum absolute atomic E-state index is 0.351. The van der Waals surface area contributed by atoms with Crippen LogP contribution in [-0.4, -0.2) is 18.2 Å². The van der Waals surface area contributed by atoms with Gasteiger partial charge in [0, 0.05) is 14.5 Å². The van der Waals surface area contributed by atoms with Gasteiger partial charge >= 0.3 is 0 Å². The van der Waals surface area contributed by atoms with Crippen LogP contribution in [0.2, 0.25) is 0 Å². The number of nitrogens with one attached hydrogen (secondary N) is 1. The zero-order chi connectivity index (χ0) is 23.9. The summed E-state index contributed by atoms with van der Waals surface area (Å²) < 4.78 is 13.8. The average molecular weight is 582 g/mol. The molecule has 0 spiro atoms. The van der Waals surface area contributed by atoms with Crippen molar-refractivity contribution >= 4 is 54.8 Å². The van der Waals surface area contributed by atoms with Crippen molar-refractivity contribution in [1.29, 1.82) is 0 Å². The standard InChI is InChI=1S/C27H22Br2N2O3/c1-18(34-23-12-10-21(28)11-13-23)27(32)31-30-16-25-24-8-3-2-6-20(24)9-14-26(25)33-17-19-5-4-7-22(29)15-19/h2-16,18H,17H2,1H3,(H,31,32)/b30-16-/t18-/m1/s1. The van der Waals surface area contributed by atoms with Crippen LogP contribution in [0.1, 0.15) is 18.1 Å².